The number of hydrogen-bond donors (Lipinski definition) is 1. The first-order valence-electron chi connectivity index (χ1n) is 10.00. The summed E-state index contributed by atoms with van der Waals surface area (Å²) in [5.74, 6) is 0. The number of alkyl halides is 1. The van der Waals surface area contributed by atoms with Gasteiger partial charge in [0.15, 0.2) is 0 Å². The van der Waals surface area contributed by atoms with Gasteiger partial charge in [-0.2, -0.15) is 8.42 Å². The minimum Gasteiger partial charge on any atom is -0.283 e. The Labute approximate surface area is 150 Å². The molecule has 0 aliphatic rings. The van der Waals surface area contributed by atoms with E-state index in [9.17, 15) is 12.8 Å². The van der Waals surface area contributed by atoms with Gasteiger partial charge in [-0.1, -0.05) is 104 Å². The maximum Gasteiger partial charge on any atom is 0.297 e. The van der Waals surface area contributed by atoms with Crippen molar-refractivity contribution >= 4 is 10.1 Å². The molecule has 24 heavy (non-hydrogen) atoms. The van der Waals surface area contributed by atoms with E-state index in [0.29, 0.717) is 6.42 Å². The van der Waals surface area contributed by atoms with E-state index in [1.807, 2.05) is 6.92 Å². The summed E-state index contributed by atoms with van der Waals surface area (Å²) >= 11 is 0. The quantitative estimate of drug-likeness (QED) is 0.248. The second-order valence-corrected chi connectivity index (χ2v) is 8.14. The molecule has 0 amide bonds. The lowest BCUT2D eigenvalue weighted by atomic mass is 10.1. The van der Waals surface area contributed by atoms with Crippen molar-refractivity contribution in [2.24, 2.45) is 0 Å². The molecule has 0 saturated heterocycles. The molecule has 148 valence electrons. The summed E-state index contributed by atoms with van der Waals surface area (Å²) in [5.41, 5.74) is -2.10. The van der Waals surface area contributed by atoms with Crippen molar-refractivity contribution in [2.45, 2.75) is 123 Å². The summed E-state index contributed by atoms with van der Waals surface area (Å²) in [4.78, 5) is 0. The molecule has 0 aromatic rings. The smallest absolute Gasteiger partial charge is 0.283 e. The van der Waals surface area contributed by atoms with Crippen LogP contribution in [-0.2, 0) is 10.1 Å². The highest BCUT2D eigenvalue weighted by Gasteiger charge is 2.20. The zero-order valence-electron chi connectivity index (χ0n) is 16.2. The second kappa shape index (κ2) is 19.2. The molecule has 0 fully saturated rings. The van der Waals surface area contributed by atoms with Gasteiger partial charge in [-0.05, 0) is 12.8 Å². The van der Waals surface area contributed by atoms with E-state index in [-0.39, 0.29) is 6.42 Å². The molecular formula is C19H41FO3S. The average Bonchev–Trinajstić information content (AvgIpc) is 2.53. The largest absolute Gasteiger partial charge is 0.297 e. The SMILES string of the molecule is CCCCCC(F)S(=O)(=O)O.CCCCCCCCCCCCC. The maximum absolute atomic E-state index is 12.4. The van der Waals surface area contributed by atoms with E-state index in [2.05, 4.69) is 13.8 Å². The van der Waals surface area contributed by atoms with Crippen LogP contribution in [0.15, 0.2) is 0 Å². The van der Waals surface area contributed by atoms with Crippen LogP contribution < -0.4 is 0 Å². The van der Waals surface area contributed by atoms with Crippen LogP contribution in [0.2, 0.25) is 0 Å². The first-order valence-corrected chi connectivity index (χ1v) is 11.5. The lowest BCUT2D eigenvalue weighted by Gasteiger charge is -2.02. The highest BCUT2D eigenvalue weighted by atomic mass is 32.2. The average molecular weight is 369 g/mol. The third-order valence-corrected chi connectivity index (χ3v) is 4.95. The van der Waals surface area contributed by atoms with Crippen LogP contribution in [0.3, 0.4) is 0 Å². The molecule has 0 spiro atoms. The fraction of sp³-hybridized carbons (Fsp3) is 1.00. The molecule has 0 saturated carbocycles. The molecule has 3 nitrogen and oxygen atoms in total. The van der Waals surface area contributed by atoms with E-state index < -0.39 is 15.6 Å². The molecule has 5 heteroatoms. The van der Waals surface area contributed by atoms with Gasteiger partial charge in [0.25, 0.3) is 10.1 Å². The first-order chi connectivity index (χ1) is 11.4. The van der Waals surface area contributed by atoms with Crippen molar-refractivity contribution in [2.75, 3.05) is 0 Å². The molecule has 1 unspecified atom stereocenters. The number of halogens is 1. The standard InChI is InChI=1S/C13H28.C6H13FO3S/c1-3-5-7-9-11-13-12-10-8-6-4-2;1-2-3-4-5-6(7)11(8,9)10/h3-13H2,1-2H3;6H,2-5H2,1H3,(H,8,9,10). The zero-order valence-corrected chi connectivity index (χ0v) is 17.1. The topological polar surface area (TPSA) is 54.4 Å². The van der Waals surface area contributed by atoms with Gasteiger partial charge >= 0.3 is 0 Å². The van der Waals surface area contributed by atoms with Crippen LogP contribution >= 0.6 is 0 Å². The van der Waals surface area contributed by atoms with Crippen LogP contribution in [0.4, 0.5) is 4.39 Å². The molecule has 1 N–H and O–H groups in total. The van der Waals surface area contributed by atoms with Crippen molar-refractivity contribution in [1.82, 2.24) is 0 Å². The van der Waals surface area contributed by atoms with Crippen LogP contribution in [0.25, 0.3) is 0 Å². The van der Waals surface area contributed by atoms with E-state index in [4.69, 9.17) is 4.55 Å². The Balaban J connectivity index is 0. The normalized spacial score (nSPS) is 12.5. The van der Waals surface area contributed by atoms with Crippen LogP contribution in [0.5, 0.6) is 0 Å². The summed E-state index contributed by atoms with van der Waals surface area (Å²) in [7, 11) is -4.45. The summed E-state index contributed by atoms with van der Waals surface area (Å²) in [6, 6.07) is 0. The van der Waals surface area contributed by atoms with Crippen LogP contribution in [0.1, 0.15) is 117 Å². The summed E-state index contributed by atoms with van der Waals surface area (Å²) in [6.45, 7) is 6.50. The van der Waals surface area contributed by atoms with Gasteiger partial charge < -0.3 is 0 Å². The fourth-order valence-electron chi connectivity index (χ4n) is 2.44. The van der Waals surface area contributed by atoms with Crippen molar-refractivity contribution in [3.8, 4) is 0 Å². The minimum absolute atomic E-state index is 0.104. The monoisotopic (exact) mass is 368 g/mol. The molecule has 1 atom stereocenters. The molecular weight excluding hydrogens is 327 g/mol. The predicted molar refractivity (Wildman–Crippen MR) is 103 cm³/mol. The lowest BCUT2D eigenvalue weighted by Crippen LogP contribution is -2.14. The van der Waals surface area contributed by atoms with Gasteiger partial charge in [0, 0.05) is 0 Å². The molecule has 0 aromatic heterocycles. The van der Waals surface area contributed by atoms with Gasteiger partial charge in [-0.3, -0.25) is 4.55 Å². The first kappa shape index (κ1) is 26.1. The Hall–Kier alpha value is -0.160. The summed E-state index contributed by atoms with van der Waals surface area (Å²) in [6.07, 6.45) is 18.0. The van der Waals surface area contributed by atoms with Gasteiger partial charge in [0.05, 0.1) is 0 Å². The van der Waals surface area contributed by atoms with E-state index >= 15 is 0 Å². The number of rotatable bonds is 15. The number of hydrogen-bond acceptors (Lipinski definition) is 2. The third-order valence-electron chi connectivity index (χ3n) is 4.06. The molecule has 0 rings (SSSR count). The second-order valence-electron chi connectivity index (χ2n) is 6.60. The van der Waals surface area contributed by atoms with Crippen molar-refractivity contribution in [3.05, 3.63) is 0 Å². The highest BCUT2D eigenvalue weighted by Crippen LogP contribution is 2.11. The highest BCUT2D eigenvalue weighted by molar-refractivity contribution is 7.86. The zero-order chi connectivity index (χ0) is 18.7. The van der Waals surface area contributed by atoms with Crippen molar-refractivity contribution in [3.63, 3.8) is 0 Å². The van der Waals surface area contributed by atoms with E-state index in [1.165, 1.54) is 70.6 Å². The molecule has 0 aromatic carbocycles. The maximum atomic E-state index is 12.4. The van der Waals surface area contributed by atoms with E-state index in [1.54, 1.807) is 0 Å². The Kier molecular flexibility index (Phi) is 20.8. The van der Waals surface area contributed by atoms with Gasteiger partial charge in [0.1, 0.15) is 0 Å². The van der Waals surface area contributed by atoms with Crippen molar-refractivity contribution < 1.29 is 17.4 Å². The third kappa shape index (κ3) is 21.8. The van der Waals surface area contributed by atoms with Crippen LogP contribution in [-0.4, -0.2) is 18.5 Å². The van der Waals surface area contributed by atoms with Crippen LogP contribution in [0, 0.1) is 0 Å². The number of unbranched alkanes of at least 4 members (excludes halogenated alkanes) is 12. The predicted octanol–water partition coefficient (Wildman–Crippen LogP) is 7.07. The summed E-state index contributed by atoms with van der Waals surface area (Å²) in [5, 5.41) is 0. The lowest BCUT2D eigenvalue weighted by molar-refractivity contribution is 0.351. The van der Waals surface area contributed by atoms with Crippen molar-refractivity contribution in [1.29, 1.82) is 0 Å². The Morgan fingerprint density at radius 1 is 0.667 bits per heavy atom. The molecule has 0 heterocycles. The summed E-state index contributed by atoms with van der Waals surface area (Å²) < 4.78 is 40.8. The van der Waals surface area contributed by atoms with Gasteiger partial charge in [0.2, 0.25) is 5.50 Å². The molecule has 0 bridgehead atoms. The fourth-order valence-corrected chi connectivity index (χ4v) is 2.91. The minimum atomic E-state index is -4.45. The van der Waals surface area contributed by atoms with Gasteiger partial charge in [-0.15, -0.1) is 0 Å². The Morgan fingerprint density at radius 3 is 1.25 bits per heavy atom. The Morgan fingerprint density at radius 2 is 0.958 bits per heavy atom. The molecule has 0 aliphatic heterocycles. The van der Waals surface area contributed by atoms with Gasteiger partial charge in [-0.25, -0.2) is 4.39 Å². The van der Waals surface area contributed by atoms with E-state index in [0.717, 1.165) is 12.8 Å². The molecule has 0 aliphatic carbocycles. The molecule has 0 radical (unpaired) electrons. The Bertz CT molecular complexity index is 322.